The van der Waals surface area contributed by atoms with Gasteiger partial charge in [0.15, 0.2) is 0 Å². The van der Waals surface area contributed by atoms with Crippen molar-refractivity contribution in [2.24, 2.45) is 0 Å². The number of carbonyl (C=O) groups excluding carboxylic acids is 1. The molecule has 3 N–H and O–H groups in total. The minimum absolute atomic E-state index is 0.228. The summed E-state index contributed by atoms with van der Waals surface area (Å²) in [5.74, 6) is -2.66. The molecule has 8 heteroatoms. The zero-order valence-electron chi connectivity index (χ0n) is 11.1. The van der Waals surface area contributed by atoms with Gasteiger partial charge in [-0.1, -0.05) is 6.07 Å². The summed E-state index contributed by atoms with van der Waals surface area (Å²) in [7, 11) is 1.53. The van der Waals surface area contributed by atoms with Crippen molar-refractivity contribution in [3.8, 4) is 0 Å². The summed E-state index contributed by atoms with van der Waals surface area (Å²) in [5.41, 5.74) is 0. The Hall–Kier alpha value is -2.09. The molecular formula is C12H16N2O5S. The minimum Gasteiger partial charge on any atom is -0.481 e. The van der Waals surface area contributed by atoms with Crippen molar-refractivity contribution < 1.29 is 24.6 Å². The number of carboxylic acids is 2. The maximum atomic E-state index is 11.9. The Morgan fingerprint density at radius 1 is 1.40 bits per heavy atom. The molecule has 110 valence electrons. The third-order valence-corrected chi connectivity index (χ3v) is 3.87. The molecule has 0 spiro atoms. The molecule has 2 unspecified atom stereocenters. The normalized spacial score (nSPS) is 13.3. The lowest BCUT2D eigenvalue weighted by molar-refractivity contribution is -0.145. The highest BCUT2D eigenvalue weighted by atomic mass is 32.1. The summed E-state index contributed by atoms with van der Waals surface area (Å²) in [4.78, 5) is 35.7. The number of nitrogens with zero attached hydrogens (tertiary/aromatic N) is 1. The van der Waals surface area contributed by atoms with Crippen molar-refractivity contribution in [2.75, 3.05) is 7.05 Å². The van der Waals surface area contributed by atoms with E-state index < -0.39 is 30.4 Å². The van der Waals surface area contributed by atoms with E-state index in [4.69, 9.17) is 10.2 Å². The lowest BCUT2D eigenvalue weighted by Gasteiger charge is -2.25. The highest BCUT2D eigenvalue weighted by Crippen LogP contribution is 2.23. The van der Waals surface area contributed by atoms with E-state index in [0.29, 0.717) is 0 Å². The largest absolute Gasteiger partial charge is 0.481 e. The van der Waals surface area contributed by atoms with E-state index in [2.05, 4.69) is 5.32 Å². The second-order valence-corrected chi connectivity index (χ2v) is 5.22. The molecule has 7 nitrogen and oxygen atoms in total. The second-order valence-electron chi connectivity index (χ2n) is 4.24. The van der Waals surface area contributed by atoms with Crippen LogP contribution in [0.15, 0.2) is 17.5 Å². The van der Waals surface area contributed by atoms with Crippen molar-refractivity contribution >= 4 is 29.3 Å². The van der Waals surface area contributed by atoms with Crippen molar-refractivity contribution in [3.05, 3.63) is 22.4 Å². The van der Waals surface area contributed by atoms with Crippen molar-refractivity contribution in [3.63, 3.8) is 0 Å². The Bertz CT molecular complexity index is 488. The summed E-state index contributed by atoms with van der Waals surface area (Å²) >= 11 is 1.48. The Morgan fingerprint density at radius 3 is 2.50 bits per heavy atom. The summed E-state index contributed by atoms with van der Waals surface area (Å²) < 4.78 is 0. The van der Waals surface area contributed by atoms with Crippen LogP contribution in [0.5, 0.6) is 0 Å². The standard InChI is InChI=1S/C12H16N2O5S/c1-7(9-4-3-5-20-9)14(2)12(19)13-8(11(17)18)6-10(15)16/h3-5,7-8H,6H2,1-2H3,(H,13,19)(H,15,16)(H,17,18). The summed E-state index contributed by atoms with van der Waals surface area (Å²) in [6.07, 6.45) is -0.664. The summed E-state index contributed by atoms with van der Waals surface area (Å²) in [6, 6.07) is 1.42. The summed E-state index contributed by atoms with van der Waals surface area (Å²) in [5, 5.41) is 21.6. The monoisotopic (exact) mass is 300 g/mol. The van der Waals surface area contributed by atoms with E-state index in [1.54, 1.807) is 6.92 Å². The van der Waals surface area contributed by atoms with Gasteiger partial charge in [0, 0.05) is 11.9 Å². The van der Waals surface area contributed by atoms with Crippen molar-refractivity contribution in [1.29, 1.82) is 0 Å². The minimum atomic E-state index is -1.45. The van der Waals surface area contributed by atoms with Crippen LogP contribution in [0, 0.1) is 0 Å². The van der Waals surface area contributed by atoms with Gasteiger partial charge in [0.2, 0.25) is 0 Å². The molecule has 1 aromatic heterocycles. The van der Waals surface area contributed by atoms with Crippen LogP contribution in [0.4, 0.5) is 4.79 Å². The van der Waals surface area contributed by atoms with Crippen LogP contribution in [0.3, 0.4) is 0 Å². The number of carbonyl (C=O) groups is 3. The highest BCUT2D eigenvalue weighted by molar-refractivity contribution is 7.10. The van der Waals surface area contributed by atoms with E-state index in [-0.39, 0.29) is 6.04 Å². The number of carboxylic acid groups (broad SMARTS) is 2. The molecule has 0 fully saturated rings. The van der Waals surface area contributed by atoms with Gasteiger partial charge in [-0.05, 0) is 18.4 Å². The molecule has 2 atom stereocenters. The molecule has 20 heavy (non-hydrogen) atoms. The van der Waals surface area contributed by atoms with Crippen LogP contribution in [0.2, 0.25) is 0 Å². The number of hydrogen-bond acceptors (Lipinski definition) is 4. The van der Waals surface area contributed by atoms with E-state index in [1.807, 2.05) is 17.5 Å². The first kappa shape index (κ1) is 16.0. The Labute approximate surface area is 119 Å². The molecule has 1 rings (SSSR count). The molecule has 0 radical (unpaired) electrons. The van der Waals surface area contributed by atoms with Gasteiger partial charge in [0.05, 0.1) is 12.5 Å². The number of nitrogens with one attached hydrogen (secondary N) is 1. The first-order valence-electron chi connectivity index (χ1n) is 5.84. The highest BCUT2D eigenvalue weighted by Gasteiger charge is 2.26. The van der Waals surface area contributed by atoms with Crippen LogP contribution in [0.25, 0.3) is 0 Å². The van der Waals surface area contributed by atoms with E-state index >= 15 is 0 Å². The maximum absolute atomic E-state index is 11.9. The van der Waals surface area contributed by atoms with Gasteiger partial charge in [-0.2, -0.15) is 0 Å². The van der Waals surface area contributed by atoms with Crippen LogP contribution in [-0.4, -0.2) is 46.2 Å². The smallest absolute Gasteiger partial charge is 0.326 e. The molecule has 0 saturated carbocycles. The first-order valence-corrected chi connectivity index (χ1v) is 6.72. The van der Waals surface area contributed by atoms with Gasteiger partial charge in [0.25, 0.3) is 0 Å². The Morgan fingerprint density at radius 2 is 2.05 bits per heavy atom. The average Bonchev–Trinajstić information content (AvgIpc) is 2.89. The van der Waals surface area contributed by atoms with Crippen LogP contribution in [-0.2, 0) is 9.59 Å². The number of amides is 2. The number of aliphatic carboxylic acids is 2. The molecule has 1 heterocycles. The molecule has 2 amide bonds. The average molecular weight is 300 g/mol. The number of hydrogen-bond donors (Lipinski definition) is 3. The van der Waals surface area contributed by atoms with Gasteiger partial charge in [-0.3, -0.25) is 4.79 Å². The van der Waals surface area contributed by atoms with Gasteiger partial charge >= 0.3 is 18.0 Å². The molecule has 0 aliphatic carbocycles. The molecule has 0 saturated heterocycles. The zero-order chi connectivity index (χ0) is 15.3. The van der Waals surface area contributed by atoms with Crippen molar-refractivity contribution in [2.45, 2.75) is 25.4 Å². The van der Waals surface area contributed by atoms with E-state index in [1.165, 1.54) is 23.3 Å². The van der Waals surface area contributed by atoms with Crippen LogP contribution in [0.1, 0.15) is 24.3 Å². The summed E-state index contributed by atoms with van der Waals surface area (Å²) in [6.45, 7) is 1.80. The topological polar surface area (TPSA) is 107 Å². The Kier molecular flexibility index (Phi) is 5.51. The molecule has 1 aromatic rings. The SMILES string of the molecule is CC(c1cccs1)N(C)C(=O)NC(CC(=O)O)C(=O)O. The van der Waals surface area contributed by atoms with E-state index in [0.717, 1.165) is 4.88 Å². The lowest BCUT2D eigenvalue weighted by Crippen LogP contribution is -2.48. The first-order chi connectivity index (χ1) is 9.32. The number of thiophene rings is 1. The number of urea groups is 1. The molecule has 0 aromatic carbocycles. The Balaban J connectivity index is 2.68. The zero-order valence-corrected chi connectivity index (χ0v) is 11.9. The molecule has 0 aliphatic heterocycles. The van der Waals surface area contributed by atoms with Gasteiger partial charge in [0.1, 0.15) is 6.04 Å². The maximum Gasteiger partial charge on any atom is 0.326 e. The fraction of sp³-hybridized carbons (Fsp3) is 0.417. The molecule has 0 aliphatic rings. The van der Waals surface area contributed by atoms with Gasteiger partial charge in [-0.15, -0.1) is 11.3 Å². The molecular weight excluding hydrogens is 284 g/mol. The predicted octanol–water partition coefficient (Wildman–Crippen LogP) is 1.38. The third-order valence-electron chi connectivity index (χ3n) is 2.83. The number of rotatable bonds is 6. The predicted molar refractivity (Wildman–Crippen MR) is 72.7 cm³/mol. The fourth-order valence-electron chi connectivity index (χ4n) is 1.52. The van der Waals surface area contributed by atoms with Gasteiger partial charge < -0.3 is 20.4 Å². The van der Waals surface area contributed by atoms with E-state index in [9.17, 15) is 14.4 Å². The second kappa shape index (κ2) is 6.90. The third kappa shape index (κ3) is 4.23. The fourth-order valence-corrected chi connectivity index (χ4v) is 2.35. The quantitative estimate of drug-likeness (QED) is 0.735. The van der Waals surface area contributed by atoms with Crippen LogP contribution < -0.4 is 5.32 Å². The van der Waals surface area contributed by atoms with Gasteiger partial charge in [-0.25, -0.2) is 9.59 Å². The lowest BCUT2D eigenvalue weighted by atomic mass is 10.2. The molecule has 0 bridgehead atoms. The van der Waals surface area contributed by atoms with Crippen LogP contribution >= 0.6 is 11.3 Å². The van der Waals surface area contributed by atoms with Crippen molar-refractivity contribution in [1.82, 2.24) is 10.2 Å².